The number of H-pyrrole nitrogens is 1. The summed E-state index contributed by atoms with van der Waals surface area (Å²) in [6.07, 6.45) is -2.99. The highest BCUT2D eigenvalue weighted by atomic mass is 16.4. The van der Waals surface area contributed by atoms with E-state index in [0.717, 1.165) is 0 Å². The molecular weight excluding hydrogens is 1270 g/mol. The van der Waals surface area contributed by atoms with Gasteiger partial charge in [-0.3, -0.25) is 72.1 Å². The number of aliphatic carboxylic acids is 4. The fourth-order valence-electron chi connectivity index (χ4n) is 9.46. The Bertz CT molecular complexity index is 3060. The number of guanidine groups is 1. The van der Waals surface area contributed by atoms with Crippen LogP contribution in [0.15, 0.2) is 47.8 Å². The van der Waals surface area contributed by atoms with Gasteiger partial charge in [0.2, 0.25) is 65.0 Å². The highest BCUT2D eigenvalue weighted by molar-refractivity contribution is 6.00. The van der Waals surface area contributed by atoms with Gasteiger partial charge in [-0.25, -0.2) is 9.78 Å². The quantitative estimate of drug-likeness (QED) is 0.0171. The third-order valence-electron chi connectivity index (χ3n) is 15.3. The first-order valence-corrected chi connectivity index (χ1v) is 31.6. The Kier molecular flexibility index (Phi) is 36.0. The van der Waals surface area contributed by atoms with Gasteiger partial charge in [-0.2, -0.15) is 0 Å². The van der Waals surface area contributed by atoms with Crippen LogP contribution >= 0.6 is 0 Å². The molecular formula is C61H95N17O19. The number of primary amides is 1. The number of nitrogens with one attached hydrogen (secondary N) is 11. The number of benzene rings is 1. The van der Waals surface area contributed by atoms with Crippen molar-refractivity contribution in [2.24, 2.45) is 45.7 Å². The number of hydrogen-bond acceptors (Lipinski definition) is 18. The highest BCUT2D eigenvalue weighted by Gasteiger charge is 2.38. The van der Waals surface area contributed by atoms with Crippen LogP contribution in [0, 0.1) is 17.8 Å². The fraction of sp³-hybridized carbons (Fsp3) is 0.590. The van der Waals surface area contributed by atoms with E-state index in [1.807, 2.05) is 0 Å². The van der Waals surface area contributed by atoms with E-state index in [1.54, 1.807) is 71.9 Å². The summed E-state index contributed by atoms with van der Waals surface area (Å²) in [5, 5.41) is 63.5. The number of carboxylic acid groups (broad SMARTS) is 4. The Balaban J connectivity index is 2.63. The van der Waals surface area contributed by atoms with Gasteiger partial charge < -0.3 is 102 Å². The summed E-state index contributed by atoms with van der Waals surface area (Å²) < 4.78 is 0. The molecule has 36 nitrogen and oxygen atoms in total. The van der Waals surface area contributed by atoms with Gasteiger partial charge in [-0.05, 0) is 68.8 Å². The average molecular weight is 1370 g/mol. The van der Waals surface area contributed by atoms with E-state index >= 15 is 0 Å². The van der Waals surface area contributed by atoms with Gasteiger partial charge in [0.15, 0.2) is 5.96 Å². The summed E-state index contributed by atoms with van der Waals surface area (Å²) in [6, 6.07) is -9.37. The number of aromatic amines is 1. The molecule has 538 valence electrons. The Morgan fingerprint density at radius 3 is 1.35 bits per heavy atom. The van der Waals surface area contributed by atoms with E-state index in [1.165, 1.54) is 19.4 Å². The molecule has 0 spiro atoms. The maximum atomic E-state index is 14.6. The molecule has 36 heteroatoms. The topological polar surface area (TPSA) is 602 Å². The van der Waals surface area contributed by atoms with Crippen LogP contribution in [0.1, 0.15) is 137 Å². The van der Waals surface area contributed by atoms with Gasteiger partial charge in [0.1, 0.15) is 60.4 Å². The summed E-state index contributed by atoms with van der Waals surface area (Å²) in [6.45, 7) is 11.2. The van der Waals surface area contributed by atoms with Gasteiger partial charge in [-0.1, -0.05) is 84.7 Å². The molecule has 1 aromatic heterocycles. The molecule has 0 bridgehead atoms. The Morgan fingerprint density at radius 2 is 0.897 bits per heavy atom. The van der Waals surface area contributed by atoms with Crippen LogP contribution in [0.4, 0.5) is 0 Å². The zero-order valence-corrected chi connectivity index (χ0v) is 55.3. The molecule has 97 heavy (non-hydrogen) atoms. The number of carbonyl (C=O) groups excluding carboxylic acids is 11. The lowest BCUT2D eigenvalue weighted by Crippen LogP contribution is -2.62. The highest BCUT2D eigenvalue weighted by Crippen LogP contribution is 2.15. The molecule has 0 saturated carbocycles. The Hall–Kier alpha value is -10.3. The molecule has 0 saturated heterocycles. The van der Waals surface area contributed by atoms with E-state index in [9.17, 15) is 92.3 Å². The largest absolute Gasteiger partial charge is 0.481 e. The number of nitrogens with two attached hydrogens (primary N) is 4. The van der Waals surface area contributed by atoms with Gasteiger partial charge in [0, 0.05) is 50.5 Å². The zero-order chi connectivity index (χ0) is 73.2. The molecule has 13 atom stereocenters. The zero-order valence-electron chi connectivity index (χ0n) is 55.3. The van der Waals surface area contributed by atoms with Crippen molar-refractivity contribution in [3.63, 3.8) is 0 Å². The number of imidazole rings is 1. The van der Waals surface area contributed by atoms with Gasteiger partial charge in [-0.15, -0.1) is 0 Å². The third kappa shape index (κ3) is 31.2. The summed E-state index contributed by atoms with van der Waals surface area (Å²) in [5.74, 6) is -19.4. The van der Waals surface area contributed by atoms with E-state index in [0.29, 0.717) is 12.0 Å². The normalized spacial score (nSPS) is 15.1. The molecule has 0 unspecified atom stereocenters. The monoisotopic (exact) mass is 1370 g/mol. The van der Waals surface area contributed by atoms with E-state index in [4.69, 9.17) is 22.9 Å². The first-order valence-electron chi connectivity index (χ1n) is 31.6. The number of rotatable bonds is 46. The number of aliphatic imine (C=N–C) groups is 1. The van der Waals surface area contributed by atoms with Crippen molar-refractivity contribution < 1.29 is 92.3 Å². The van der Waals surface area contributed by atoms with Crippen LogP contribution in [-0.2, 0) is 84.8 Å². The third-order valence-corrected chi connectivity index (χ3v) is 15.3. The average Bonchev–Trinajstić information content (AvgIpc) is 1.09. The molecule has 11 amide bonds. The van der Waals surface area contributed by atoms with E-state index in [2.05, 4.69) is 68.1 Å². The minimum absolute atomic E-state index is 0.00623. The molecule has 1 heterocycles. The predicted molar refractivity (Wildman–Crippen MR) is 346 cm³/mol. The van der Waals surface area contributed by atoms with Crippen LogP contribution in [-0.4, -0.2) is 198 Å². The minimum Gasteiger partial charge on any atom is -0.481 e. The second-order valence-corrected chi connectivity index (χ2v) is 23.9. The lowest BCUT2D eigenvalue weighted by atomic mass is 9.96. The number of hydrogen-bond donors (Lipinski definition) is 19. The first-order chi connectivity index (χ1) is 45.6. The molecule has 0 fully saturated rings. The summed E-state index contributed by atoms with van der Waals surface area (Å²) in [7, 11) is 0. The number of aromatic nitrogens is 2. The van der Waals surface area contributed by atoms with Crippen LogP contribution in [0.25, 0.3) is 0 Å². The molecule has 2 aromatic rings. The van der Waals surface area contributed by atoms with Crippen molar-refractivity contribution in [1.29, 1.82) is 0 Å². The molecule has 23 N–H and O–H groups in total. The number of carbonyl (C=O) groups is 15. The predicted octanol–water partition coefficient (Wildman–Crippen LogP) is -3.86. The van der Waals surface area contributed by atoms with E-state index < -0.39 is 219 Å². The second kappa shape index (κ2) is 42.2. The van der Waals surface area contributed by atoms with Crippen molar-refractivity contribution in [2.45, 2.75) is 205 Å². The molecule has 2 rings (SSSR count). The first kappa shape index (κ1) is 82.8. The van der Waals surface area contributed by atoms with Crippen LogP contribution in [0.2, 0.25) is 0 Å². The number of nitrogens with zero attached hydrogens (tertiary/aromatic N) is 2. The van der Waals surface area contributed by atoms with Gasteiger partial charge in [0.25, 0.3) is 0 Å². The lowest BCUT2D eigenvalue weighted by Gasteiger charge is -2.30. The van der Waals surface area contributed by atoms with Crippen molar-refractivity contribution in [3.05, 3.63) is 54.1 Å². The number of amides is 11. The van der Waals surface area contributed by atoms with Crippen LogP contribution < -0.4 is 76.1 Å². The van der Waals surface area contributed by atoms with Crippen molar-refractivity contribution in [2.75, 3.05) is 6.54 Å². The molecule has 0 aliphatic heterocycles. The van der Waals surface area contributed by atoms with Crippen LogP contribution in [0.5, 0.6) is 0 Å². The van der Waals surface area contributed by atoms with Gasteiger partial charge >= 0.3 is 23.9 Å². The maximum Gasteiger partial charge on any atom is 0.326 e. The van der Waals surface area contributed by atoms with Crippen LogP contribution in [0.3, 0.4) is 0 Å². The van der Waals surface area contributed by atoms with Crippen molar-refractivity contribution in [3.8, 4) is 0 Å². The fourth-order valence-corrected chi connectivity index (χ4v) is 9.46. The van der Waals surface area contributed by atoms with E-state index in [-0.39, 0.29) is 56.2 Å². The molecule has 0 aliphatic carbocycles. The second-order valence-electron chi connectivity index (χ2n) is 23.9. The molecule has 0 radical (unpaired) electrons. The summed E-state index contributed by atoms with van der Waals surface area (Å²) in [5.41, 5.74) is 22.9. The lowest BCUT2D eigenvalue weighted by molar-refractivity contribution is -0.144. The smallest absolute Gasteiger partial charge is 0.326 e. The Morgan fingerprint density at radius 1 is 0.485 bits per heavy atom. The SMILES string of the molecule is CC[C@H](C)[C@H](NC(=O)[C@H](Cc1ccccc1)NC(=O)[C@H](CCC(=O)O)NC(=O)[C@H](CCC(=O)O)NC(=O)[C@H](CCC(N)=O)NC(=O)[C@H](Cc1cnc[nH]1)NC(=O)[C@@H](NC(=O)[C@H](CCCN=C(N)N)NC(=O)[C@H](CC(=O)O)NC(=O)[C@H](CC(C)C)NC(=O)[C@H](C)N)[C@@H](C)CC)C(=O)O. The summed E-state index contributed by atoms with van der Waals surface area (Å²) in [4.78, 5) is 212. The van der Waals surface area contributed by atoms with Gasteiger partial charge in [0.05, 0.1) is 18.8 Å². The van der Waals surface area contributed by atoms with Crippen molar-refractivity contribution in [1.82, 2.24) is 63.1 Å². The minimum atomic E-state index is -1.91. The number of carboxylic acids is 4. The molecule has 1 aromatic carbocycles. The summed E-state index contributed by atoms with van der Waals surface area (Å²) >= 11 is 0. The van der Waals surface area contributed by atoms with Crippen molar-refractivity contribution >= 4 is 94.8 Å². The maximum absolute atomic E-state index is 14.6. The molecule has 0 aliphatic rings. The standard InChI is InChI=1S/C61H95N17O19/c1-8-31(5)48(77-54(90)36(16-13-23-67-61(64)65)69-57(93)43(27-47(84)85)75-55(91)40(24-30(3)4)73-50(86)33(7)62)59(95)76-42(26-35-28-66-29-68-35)56(92)72-37(17-20-44(63)79)51(87)70-38(18-21-45(80)81)52(88)71-39(19-22-46(82)83)53(89)74-41(25-34-14-11-10-12-15-34)58(94)78-49(60(96)97)32(6)9-2/h10-12,14-15,28-33,36-43,48-49H,8-9,13,16-27,62H2,1-7H3,(H2,63,79)(H,66,68)(H,69,93)(H,70,87)(H,71,88)(H,72,92)(H,73,86)(H,74,89)(H,75,91)(H,76,95)(H,77,90)(H,78,94)(H,80,81)(H,82,83)(H,84,85)(H,96,97)(H4,64,65,67)/t31-,32-,33-,36-,37-,38-,39-,40-,41-,42-,43-,48-,49-/m0/s1. The Labute approximate surface area is 559 Å².